The third kappa shape index (κ3) is 3.73. The molecule has 1 amide bonds. The Hall–Kier alpha value is -2.78. The van der Waals surface area contributed by atoms with E-state index in [2.05, 4.69) is 20.8 Å². The van der Waals surface area contributed by atoms with Gasteiger partial charge in [0.15, 0.2) is 0 Å². The molecule has 26 heavy (non-hydrogen) atoms. The van der Waals surface area contributed by atoms with Gasteiger partial charge in [0.2, 0.25) is 0 Å². The Labute approximate surface area is 153 Å². The van der Waals surface area contributed by atoms with Gasteiger partial charge in [0.25, 0.3) is 5.91 Å². The molecule has 3 aromatic rings. The van der Waals surface area contributed by atoms with E-state index in [1.165, 1.54) is 22.3 Å². The maximum absolute atomic E-state index is 12.6. The Kier molecular flexibility index (Phi) is 4.89. The van der Waals surface area contributed by atoms with Crippen LogP contribution in [0.1, 0.15) is 22.5 Å². The minimum Gasteiger partial charge on any atom is -0.491 e. The summed E-state index contributed by atoms with van der Waals surface area (Å²) >= 11 is 1.33. The smallest absolute Gasteiger partial charge is 0.267 e. The van der Waals surface area contributed by atoms with E-state index >= 15 is 0 Å². The Bertz CT molecular complexity index is 874. The molecule has 0 radical (unpaired) electrons. The second-order valence-corrected chi connectivity index (χ2v) is 6.73. The first-order chi connectivity index (χ1) is 12.8. The fourth-order valence-electron chi connectivity index (χ4n) is 2.74. The maximum atomic E-state index is 12.6. The molecule has 1 aliphatic heterocycles. The molecule has 0 spiro atoms. The number of tetrazole rings is 1. The van der Waals surface area contributed by atoms with Crippen LogP contribution in [0.3, 0.4) is 0 Å². The normalized spacial score (nSPS) is 16.5. The first-order valence-electron chi connectivity index (χ1n) is 8.26. The van der Waals surface area contributed by atoms with Crippen LogP contribution in [0, 0.1) is 0 Å². The van der Waals surface area contributed by atoms with E-state index in [0.717, 1.165) is 19.4 Å². The number of carbonyl (C=O) groups excluding carboxylic acids is 1. The van der Waals surface area contributed by atoms with E-state index in [4.69, 9.17) is 9.47 Å². The standard InChI is InChI=1S/C17H17N5O3S/c23-17(16-15(6-8-26-16)22-11-18-20-21-22)19-12-3-1-4-13(9-12)25-10-14-5-2-7-24-14/h1,3-4,6,8-9,11,14H,2,5,7,10H2,(H,19,23). The quantitative estimate of drug-likeness (QED) is 0.716. The van der Waals surface area contributed by atoms with Crippen molar-refractivity contribution in [1.29, 1.82) is 0 Å². The van der Waals surface area contributed by atoms with Crippen LogP contribution in [0.4, 0.5) is 5.69 Å². The molecule has 8 nitrogen and oxygen atoms in total. The van der Waals surface area contributed by atoms with Crippen molar-refractivity contribution < 1.29 is 14.3 Å². The van der Waals surface area contributed by atoms with Crippen molar-refractivity contribution in [3.63, 3.8) is 0 Å². The molecule has 1 aliphatic rings. The van der Waals surface area contributed by atoms with E-state index in [0.29, 0.717) is 28.6 Å². The van der Waals surface area contributed by atoms with Gasteiger partial charge in [0, 0.05) is 18.4 Å². The summed E-state index contributed by atoms with van der Waals surface area (Å²) < 4.78 is 12.8. The van der Waals surface area contributed by atoms with Gasteiger partial charge >= 0.3 is 0 Å². The van der Waals surface area contributed by atoms with Gasteiger partial charge in [0.1, 0.15) is 23.6 Å². The number of hydrogen-bond donors (Lipinski definition) is 1. The Morgan fingerprint density at radius 2 is 2.38 bits per heavy atom. The highest BCUT2D eigenvalue weighted by molar-refractivity contribution is 7.12. The highest BCUT2D eigenvalue weighted by Crippen LogP contribution is 2.24. The average molecular weight is 371 g/mol. The van der Waals surface area contributed by atoms with Gasteiger partial charge in [-0.2, -0.15) is 4.68 Å². The first-order valence-corrected chi connectivity index (χ1v) is 9.14. The molecule has 1 saturated heterocycles. The molecule has 1 N–H and O–H groups in total. The molecule has 0 saturated carbocycles. The topological polar surface area (TPSA) is 91.2 Å². The molecule has 9 heteroatoms. The predicted molar refractivity (Wildman–Crippen MR) is 95.9 cm³/mol. The fourth-order valence-corrected chi connectivity index (χ4v) is 3.51. The number of anilines is 1. The maximum Gasteiger partial charge on any atom is 0.267 e. The van der Waals surface area contributed by atoms with Crippen molar-refractivity contribution in [2.45, 2.75) is 18.9 Å². The minimum atomic E-state index is -0.221. The number of nitrogens with one attached hydrogen (secondary N) is 1. The van der Waals surface area contributed by atoms with Crippen LogP contribution < -0.4 is 10.1 Å². The summed E-state index contributed by atoms with van der Waals surface area (Å²) in [6.45, 7) is 1.32. The number of rotatable bonds is 6. The van der Waals surface area contributed by atoms with Crippen LogP contribution in [-0.4, -0.2) is 45.4 Å². The molecule has 0 bridgehead atoms. The second-order valence-electron chi connectivity index (χ2n) is 5.82. The number of benzene rings is 1. The molecule has 1 aromatic carbocycles. The zero-order valence-electron chi connectivity index (χ0n) is 13.9. The molecule has 3 heterocycles. The van der Waals surface area contributed by atoms with Gasteiger partial charge in [-0.25, -0.2) is 0 Å². The second kappa shape index (κ2) is 7.63. The van der Waals surface area contributed by atoms with Crippen LogP contribution >= 0.6 is 11.3 Å². The van der Waals surface area contributed by atoms with E-state index in [1.54, 1.807) is 12.1 Å². The lowest BCUT2D eigenvalue weighted by Crippen LogP contribution is -2.16. The Morgan fingerprint density at radius 3 is 3.19 bits per heavy atom. The highest BCUT2D eigenvalue weighted by Gasteiger charge is 2.17. The average Bonchev–Trinajstić information content (AvgIpc) is 3.42. The molecule has 0 aliphatic carbocycles. The van der Waals surface area contributed by atoms with Gasteiger partial charge in [-0.05, 0) is 46.8 Å². The van der Waals surface area contributed by atoms with Crippen LogP contribution in [0.5, 0.6) is 5.75 Å². The monoisotopic (exact) mass is 371 g/mol. The zero-order valence-corrected chi connectivity index (χ0v) is 14.7. The summed E-state index contributed by atoms with van der Waals surface area (Å²) in [5.41, 5.74) is 1.30. The lowest BCUT2D eigenvalue weighted by Gasteiger charge is -2.12. The van der Waals surface area contributed by atoms with Gasteiger partial charge in [-0.15, -0.1) is 16.4 Å². The molecular formula is C17H17N5O3S. The van der Waals surface area contributed by atoms with E-state index in [1.807, 2.05) is 23.6 Å². The van der Waals surface area contributed by atoms with Crippen molar-refractivity contribution in [1.82, 2.24) is 20.2 Å². The zero-order chi connectivity index (χ0) is 17.8. The van der Waals surface area contributed by atoms with Crippen molar-refractivity contribution in [3.05, 3.63) is 46.9 Å². The summed E-state index contributed by atoms with van der Waals surface area (Å²) in [4.78, 5) is 13.2. The predicted octanol–water partition coefficient (Wildman–Crippen LogP) is 2.53. The van der Waals surface area contributed by atoms with Crippen molar-refractivity contribution in [3.8, 4) is 11.4 Å². The number of nitrogens with zero attached hydrogens (tertiary/aromatic N) is 4. The van der Waals surface area contributed by atoms with Gasteiger partial charge in [-0.1, -0.05) is 6.07 Å². The van der Waals surface area contributed by atoms with E-state index in [-0.39, 0.29) is 12.0 Å². The summed E-state index contributed by atoms with van der Waals surface area (Å²) in [5.74, 6) is 0.479. The lowest BCUT2D eigenvalue weighted by atomic mass is 10.2. The Morgan fingerprint density at radius 1 is 1.42 bits per heavy atom. The SMILES string of the molecule is O=C(Nc1cccc(OCC2CCCO2)c1)c1sccc1-n1cnnn1. The molecule has 1 atom stereocenters. The van der Waals surface area contributed by atoms with E-state index < -0.39 is 0 Å². The molecule has 134 valence electrons. The first kappa shape index (κ1) is 16.7. The molecule has 1 fully saturated rings. The fraction of sp³-hybridized carbons (Fsp3) is 0.294. The number of amides is 1. The van der Waals surface area contributed by atoms with Crippen LogP contribution in [0.25, 0.3) is 5.69 Å². The van der Waals surface area contributed by atoms with Crippen molar-refractivity contribution in [2.24, 2.45) is 0 Å². The highest BCUT2D eigenvalue weighted by atomic mass is 32.1. The van der Waals surface area contributed by atoms with Crippen molar-refractivity contribution in [2.75, 3.05) is 18.5 Å². The van der Waals surface area contributed by atoms with Crippen LogP contribution in [0.15, 0.2) is 42.0 Å². The van der Waals surface area contributed by atoms with Gasteiger partial charge in [-0.3, -0.25) is 4.79 Å². The molecule has 2 aromatic heterocycles. The molecule has 4 rings (SSSR count). The third-order valence-electron chi connectivity index (χ3n) is 4.00. The largest absolute Gasteiger partial charge is 0.491 e. The van der Waals surface area contributed by atoms with Crippen molar-refractivity contribution >= 4 is 22.9 Å². The number of aromatic nitrogens is 4. The number of carbonyl (C=O) groups is 1. The van der Waals surface area contributed by atoms with Gasteiger partial charge < -0.3 is 14.8 Å². The number of hydrogen-bond acceptors (Lipinski definition) is 7. The number of thiophene rings is 1. The summed E-state index contributed by atoms with van der Waals surface area (Å²) in [6.07, 6.45) is 3.71. The van der Waals surface area contributed by atoms with Gasteiger partial charge in [0.05, 0.1) is 11.8 Å². The van der Waals surface area contributed by atoms with E-state index in [9.17, 15) is 4.79 Å². The molecular weight excluding hydrogens is 354 g/mol. The minimum absolute atomic E-state index is 0.151. The third-order valence-corrected chi connectivity index (χ3v) is 4.90. The van der Waals surface area contributed by atoms with Crippen LogP contribution in [0.2, 0.25) is 0 Å². The number of ether oxygens (including phenoxy) is 2. The Balaban J connectivity index is 1.43. The lowest BCUT2D eigenvalue weighted by molar-refractivity contribution is 0.0680. The summed E-state index contributed by atoms with van der Waals surface area (Å²) in [7, 11) is 0. The summed E-state index contributed by atoms with van der Waals surface area (Å²) in [5, 5.41) is 15.8. The van der Waals surface area contributed by atoms with Crippen LogP contribution in [-0.2, 0) is 4.74 Å². The molecule has 1 unspecified atom stereocenters. The summed E-state index contributed by atoms with van der Waals surface area (Å²) in [6, 6.07) is 9.13.